The fraction of sp³-hybridized carbons (Fsp3) is 0. The van der Waals surface area contributed by atoms with Crippen molar-refractivity contribution in [1.29, 1.82) is 0 Å². The molecule has 0 saturated heterocycles. The standard InChI is InChI=1S/C7H6N2.BrH.Cr.3O/c1-2-4-7-6(3-1)8-5-9-7;;;;;/h1-5H,(H,8,9);1H;;;;. The Hall–Kier alpha value is -0.898. The topological polar surface area (TPSA) is 81.1 Å². The van der Waals surface area contributed by atoms with E-state index < -0.39 is 14.0 Å². The molecule has 0 aliphatic heterocycles. The van der Waals surface area contributed by atoms with Crippen molar-refractivity contribution < 1.29 is 47.3 Å². The Balaban J connectivity index is 0.000000299. The van der Waals surface area contributed by atoms with Gasteiger partial charge in [0, 0.05) is 0 Å². The summed E-state index contributed by atoms with van der Waals surface area (Å²) in [5.41, 5.74) is 2.30. The molecule has 0 unspecified atom stereocenters. The quantitative estimate of drug-likeness (QED) is 0.590. The van der Waals surface area contributed by atoms with Crippen LogP contribution in [0.1, 0.15) is 0 Å². The van der Waals surface area contributed by atoms with Crippen LogP contribution in [-0.2, 0) is 25.4 Å². The molecule has 0 amide bonds. The smallest absolute Gasteiger partial charge is 0.240 e. The molecule has 7 heteroatoms. The first kappa shape index (κ1) is 13.1. The molecule has 1 aromatic carbocycles. The Kier molecular flexibility index (Phi) is 6.12. The van der Waals surface area contributed by atoms with Crippen LogP contribution < -0.4 is 22.0 Å². The molecule has 0 saturated carbocycles. The van der Waals surface area contributed by atoms with Gasteiger partial charge in [0.15, 0.2) is 11.0 Å². The number of para-hydroxylation sites is 2. The van der Waals surface area contributed by atoms with Crippen LogP contribution in [0.25, 0.3) is 11.0 Å². The van der Waals surface area contributed by atoms with E-state index in [0.29, 0.717) is 0 Å². The fourth-order valence-corrected chi connectivity index (χ4v) is 0.926. The Morgan fingerprint density at radius 1 is 1.14 bits per heavy atom. The number of H-pyrrole nitrogens is 2. The largest absolute Gasteiger partial charge is 0.244 e. The number of hydrogen-bond donors (Lipinski definition) is 1. The first-order chi connectivity index (χ1) is 6.20. The third kappa shape index (κ3) is 4.37. The molecular formula is C7H7BrCrN2O3. The van der Waals surface area contributed by atoms with Gasteiger partial charge in [0.25, 0.3) is 0 Å². The molecule has 0 fully saturated rings. The maximum atomic E-state index is 8.54. The summed E-state index contributed by atoms with van der Waals surface area (Å²) in [6.07, 6.45) is 1.82. The predicted octanol–water partition coefficient (Wildman–Crippen LogP) is -2.37. The first-order valence-electron chi connectivity index (χ1n) is 3.40. The van der Waals surface area contributed by atoms with Gasteiger partial charge in [-0.15, -0.1) is 0 Å². The number of halogens is 1. The number of aromatic nitrogens is 2. The van der Waals surface area contributed by atoms with Gasteiger partial charge in [0.2, 0.25) is 6.33 Å². The van der Waals surface area contributed by atoms with E-state index in [2.05, 4.69) is 9.97 Å². The van der Waals surface area contributed by atoms with E-state index in [9.17, 15) is 0 Å². The molecule has 14 heavy (non-hydrogen) atoms. The molecule has 5 nitrogen and oxygen atoms in total. The van der Waals surface area contributed by atoms with Crippen molar-refractivity contribution in [1.82, 2.24) is 4.98 Å². The van der Waals surface area contributed by atoms with E-state index in [1.807, 2.05) is 30.6 Å². The Morgan fingerprint density at radius 2 is 1.71 bits per heavy atom. The molecule has 1 heterocycles. The summed E-state index contributed by atoms with van der Waals surface area (Å²) in [7, 11) is 0. The minimum absolute atomic E-state index is 0. The van der Waals surface area contributed by atoms with E-state index in [4.69, 9.17) is 11.4 Å². The third-order valence-corrected chi connectivity index (χ3v) is 1.38. The molecule has 0 spiro atoms. The van der Waals surface area contributed by atoms with Crippen LogP contribution in [0.3, 0.4) is 0 Å². The first-order valence-corrected chi connectivity index (χ1v) is 4.97. The molecular weight excluding hydrogens is 292 g/mol. The summed E-state index contributed by atoms with van der Waals surface area (Å²) in [5.74, 6) is 0. The SMILES string of the molecule is [Br-].[O]=[Cr](=[O])=[O].c1ccc2[nH+]c[nH]c2c1. The molecule has 0 atom stereocenters. The van der Waals surface area contributed by atoms with Crippen LogP contribution in [0.15, 0.2) is 30.6 Å². The summed E-state index contributed by atoms with van der Waals surface area (Å²) in [6, 6.07) is 8.08. The van der Waals surface area contributed by atoms with Crippen LogP contribution in [-0.4, -0.2) is 4.98 Å². The van der Waals surface area contributed by atoms with Crippen molar-refractivity contribution in [2.75, 3.05) is 0 Å². The van der Waals surface area contributed by atoms with Crippen molar-refractivity contribution in [2.45, 2.75) is 0 Å². The zero-order valence-electron chi connectivity index (χ0n) is 6.90. The molecule has 0 bridgehead atoms. The normalized spacial score (nSPS) is 8.29. The summed E-state index contributed by atoms with van der Waals surface area (Å²) in [5, 5.41) is 0. The van der Waals surface area contributed by atoms with Gasteiger partial charge in [-0.25, -0.2) is 9.97 Å². The maximum absolute atomic E-state index is 8.54. The van der Waals surface area contributed by atoms with Gasteiger partial charge in [-0.3, -0.25) is 0 Å². The van der Waals surface area contributed by atoms with Gasteiger partial charge in [-0.05, 0) is 12.1 Å². The van der Waals surface area contributed by atoms with Gasteiger partial charge in [-0.1, -0.05) is 12.1 Å². The average molecular weight is 299 g/mol. The zero-order valence-corrected chi connectivity index (χ0v) is 9.76. The summed E-state index contributed by atoms with van der Waals surface area (Å²) in [6.45, 7) is 0. The molecule has 76 valence electrons. The number of fused-ring (bicyclic) bond motifs is 1. The molecule has 2 N–H and O–H groups in total. The number of rotatable bonds is 0. The summed E-state index contributed by atoms with van der Waals surface area (Å²) < 4.78 is 25.6. The van der Waals surface area contributed by atoms with E-state index in [1.54, 1.807) is 0 Å². The summed E-state index contributed by atoms with van der Waals surface area (Å²) >= 11 is -3.79. The third-order valence-electron chi connectivity index (χ3n) is 1.38. The van der Waals surface area contributed by atoms with Gasteiger partial charge in [0.05, 0.1) is 0 Å². The van der Waals surface area contributed by atoms with Crippen molar-refractivity contribution in [3.05, 3.63) is 30.6 Å². The maximum Gasteiger partial charge on any atom is 0.240 e. The van der Waals surface area contributed by atoms with E-state index >= 15 is 0 Å². The molecule has 1 aromatic heterocycles. The van der Waals surface area contributed by atoms with Gasteiger partial charge >= 0.3 is 25.4 Å². The van der Waals surface area contributed by atoms with E-state index in [0.717, 1.165) is 11.0 Å². The number of aromatic amines is 2. The van der Waals surface area contributed by atoms with Crippen molar-refractivity contribution in [3.8, 4) is 0 Å². The van der Waals surface area contributed by atoms with Crippen molar-refractivity contribution in [3.63, 3.8) is 0 Å². The van der Waals surface area contributed by atoms with Crippen LogP contribution >= 0.6 is 0 Å². The molecule has 0 radical (unpaired) electrons. The number of benzene rings is 1. The monoisotopic (exact) mass is 298 g/mol. The van der Waals surface area contributed by atoms with E-state index in [-0.39, 0.29) is 17.0 Å². The average Bonchev–Trinajstić information content (AvgIpc) is 2.49. The minimum atomic E-state index is -3.79. The number of imidazole rings is 1. The second-order valence-electron chi connectivity index (χ2n) is 2.18. The van der Waals surface area contributed by atoms with Crippen LogP contribution in [0.4, 0.5) is 0 Å². The molecule has 0 aliphatic rings. The van der Waals surface area contributed by atoms with Crippen LogP contribution in [0.5, 0.6) is 0 Å². The predicted molar refractivity (Wildman–Crippen MR) is 36.9 cm³/mol. The molecule has 2 rings (SSSR count). The Labute approximate surface area is 93.9 Å². The van der Waals surface area contributed by atoms with Gasteiger partial charge in [0.1, 0.15) is 0 Å². The zero-order chi connectivity index (χ0) is 9.68. The molecule has 0 aliphatic carbocycles. The van der Waals surface area contributed by atoms with Crippen molar-refractivity contribution in [2.24, 2.45) is 0 Å². The second-order valence-corrected chi connectivity index (χ2v) is 2.82. The van der Waals surface area contributed by atoms with Gasteiger partial charge in [-0.2, -0.15) is 0 Å². The van der Waals surface area contributed by atoms with Crippen LogP contribution in [0, 0.1) is 0 Å². The van der Waals surface area contributed by atoms with Gasteiger partial charge < -0.3 is 17.0 Å². The second kappa shape index (κ2) is 6.54. The summed E-state index contributed by atoms with van der Waals surface area (Å²) in [4.78, 5) is 6.13. The number of nitrogens with one attached hydrogen (secondary N) is 2. The van der Waals surface area contributed by atoms with Crippen molar-refractivity contribution >= 4 is 11.0 Å². The Bertz CT molecular complexity index is 456. The Morgan fingerprint density at radius 3 is 2.29 bits per heavy atom. The fourth-order valence-electron chi connectivity index (χ4n) is 0.926. The van der Waals surface area contributed by atoms with E-state index in [1.165, 1.54) is 0 Å². The van der Waals surface area contributed by atoms with Crippen LogP contribution in [0.2, 0.25) is 0 Å². The minimum Gasteiger partial charge on any atom is -0.244 e. The molecule has 2 aromatic rings. The number of hydrogen-bond acceptors (Lipinski definition) is 3.